The van der Waals surface area contributed by atoms with Gasteiger partial charge in [-0.3, -0.25) is 20.2 Å². The van der Waals surface area contributed by atoms with Crippen molar-refractivity contribution in [3.05, 3.63) is 117 Å². The summed E-state index contributed by atoms with van der Waals surface area (Å²) in [6.45, 7) is 0. The van der Waals surface area contributed by atoms with Gasteiger partial charge in [0.15, 0.2) is 0 Å². The molecule has 8 nitrogen and oxygen atoms in total. The highest BCUT2D eigenvalue weighted by Crippen LogP contribution is 2.34. The fourth-order valence-electron chi connectivity index (χ4n) is 2.88. The van der Waals surface area contributed by atoms with Crippen LogP contribution in [0.3, 0.4) is 0 Å². The van der Waals surface area contributed by atoms with Crippen molar-refractivity contribution in [3.63, 3.8) is 0 Å². The highest BCUT2D eigenvalue weighted by atomic mass is 32.2. The Kier molecular flexibility index (Phi) is 6.51. The van der Waals surface area contributed by atoms with Gasteiger partial charge in [0.25, 0.3) is 11.4 Å². The molecule has 0 amide bonds. The van der Waals surface area contributed by atoms with E-state index in [4.69, 9.17) is 9.47 Å². The Bertz CT molecular complexity index is 1190. The van der Waals surface area contributed by atoms with E-state index < -0.39 is 9.85 Å². The van der Waals surface area contributed by atoms with E-state index in [-0.39, 0.29) is 11.4 Å². The lowest BCUT2D eigenvalue weighted by Gasteiger charge is -2.09. The van der Waals surface area contributed by atoms with Crippen LogP contribution in [0.15, 0.2) is 107 Å². The van der Waals surface area contributed by atoms with Crippen molar-refractivity contribution in [2.45, 2.75) is 9.79 Å². The van der Waals surface area contributed by atoms with Crippen molar-refractivity contribution < 1.29 is 19.3 Å². The minimum atomic E-state index is -0.458. The number of benzene rings is 4. The van der Waals surface area contributed by atoms with E-state index in [1.807, 2.05) is 36.4 Å². The third-order valence-corrected chi connectivity index (χ3v) is 5.39. The molecule has 0 unspecified atom stereocenters. The summed E-state index contributed by atoms with van der Waals surface area (Å²) in [5, 5.41) is 21.6. The van der Waals surface area contributed by atoms with E-state index in [9.17, 15) is 20.2 Å². The van der Waals surface area contributed by atoms with Crippen LogP contribution in [0.1, 0.15) is 0 Å². The molecule has 33 heavy (non-hydrogen) atoms. The number of nitro benzene ring substituents is 2. The van der Waals surface area contributed by atoms with Crippen molar-refractivity contribution in [2.24, 2.45) is 0 Å². The summed E-state index contributed by atoms with van der Waals surface area (Å²) in [5.41, 5.74) is 0.00460. The summed E-state index contributed by atoms with van der Waals surface area (Å²) in [6.07, 6.45) is 0. The molecule has 0 aliphatic rings. The van der Waals surface area contributed by atoms with E-state index >= 15 is 0 Å². The molecular weight excluding hydrogens is 444 g/mol. The first kappa shape index (κ1) is 21.8. The number of ether oxygens (including phenoxy) is 2. The maximum atomic E-state index is 10.8. The van der Waals surface area contributed by atoms with Crippen molar-refractivity contribution in [1.82, 2.24) is 0 Å². The fraction of sp³-hybridized carbons (Fsp3) is 0. The van der Waals surface area contributed by atoms with Gasteiger partial charge < -0.3 is 9.47 Å². The summed E-state index contributed by atoms with van der Waals surface area (Å²) in [6, 6.07) is 26.7. The molecule has 0 saturated carbocycles. The van der Waals surface area contributed by atoms with Crippen molar-refractivity contribution in [2.75, 3.05) is 0 Å². The van der Waals surface area contributed by atoms with Crippen molar-refractivity contribution in [3.8, 4) is 23.0 Å². The zero-order valence-electron chi connectivity index (χ0n) is 17.0. The summed E-state index contributed by atoms with van der Waals surface area (Å²) < 4.78 is 11.6. The van der Waals surface area contributed by atoms with E-state index in [0.29, 0.717) is 23.0 Å². The van der Waals surface area contributed by atoms with Crippen LogP contribution in [0.25, 0.3) is 0 Å². The lowest BCUT2D eigenvalue weighted by Crippen LogP contribution is -1.89. The number of nitro groups is 2. The van der Waals surface area contributed by atoms with Crippen LogP contribution in [-0.4, -0.2) is 9.85 Å². The van der Waals surface area contributed by atoms with Crippen molar-refractivity contribution in [1.29, 1.82) is 0 Å². The molecule has 0 fully saturated rings. The highest BCUT2D eigenvalue weighted by molar-refractivity contribution is 7.99. The normalized spacial score (nSPS) is 10.4. The summed E-state index contributed by atoms with van der Waals surface area (Å²) in [7, 11) is 0. The lowest BCUT2D eigenvalue weighted by atomic mass is 10.3. The topological polar surface area (TPSA) is 105 Å². The van der Waals surface area contributed by atoms with Crippen LogP contribution in [0.4, 0.5) is 11.4 Å². The van der Waals surface area contributed by atoms with Crippen LogP contribution in [-0.2, 0) is 0 Å². The van der Waals surface area contributed by atoms with Crippen LogP contribution < -0.4 is 9.47 Å². The third kappa shape index (κ3) is 5.86. The molecule has 0 radical (unpaired) electrons. The smallest absolute Gasteiger partial charge is 0.269 e. The summed E-state index contributed by atoms with van der Waals surface area (Å²) >= 11 is 1.51. The molecule has 4 aromatic carbocycles. The molecule has 0 spiro atoms. The van der Waals surface area contributed by atoms with Gasteiger partial charge in [0, 0.05) is 34.1 Å². The molecule has 0 heterocycles. The molecule has 0 aliphatic heterocycles. The van der Waals surface area contributed by atoms with E-state index in [1.165, 1.54) is 36.0 Å². The molecule has 0 aromatic heterocycles. The second-order valence-electron chi connectivity index (χ2n) is 6.76. The van der Waals surface area contributed by atoms with Gasteiger partial charge in [-0.2, -0.15) is 0 Å². The summed E-state index contributed by atoms with van der Waals surface area (Å²) in [4.78, 5) is 22.5. The van der Waals surface area contributed by atoms with E-state index in [2.05, 4.69) is 0 Å². The van der Waals surface area contributed by atoms with Gasteiger partial charge >= 0.3 is 0 Å². The minimum Gasteiger partial charge on any atom is -0.457 e. The largest absolute Gasteiger partial charge is 0.457 e. The number of hydrogen-bond donors (Lipinski definition) is 0. The molecule has 164 valence electrons. The number of hydrogen-bond acceptors (Lipinski definition) is 7. The van der Waals surface area contributed by atoms with Crippen molar-refractivity contribution >= 4 is 23.1 Å². The molecule has 0 bridgehead atoms. The van der Waals surface area contributed by atoms with Gasteiger partial charge in [-0.15, -0.1) is 0 Å². The molecule has 4 aromatic rings. The Labute approximate surface area is 192 Å². The Hall–Kier alpha value is -4.37. The number of nitrogens with zero attached hydrogens (tertiary/aromatic N) is 2. The predicted molar refractivity (Wildman–Crippen MR) is 123 cm³/mol. The van der Waals surface area contributed by atoms with E-state index in [0.717, 1.165) is 9.79 Å². The Morgan fingerprint density at radius 3 is 1.30 bits per heavy atom. The maximum Gasteiger partial charge on any atom is 0.269 e. The standard InChI is InChI=1S/C24H16N2O6S/c27-25(28)17-7-11-19(12-8-17)31-21-3-1-5-23(15-21)33-24-6-2-4-22(16-24)32-20-13-9-18(10-14-20)26(29)30/h1-16H. The minimum absolute atomic E-state index is 0.00230. The predicted octanol–water partition coefficient (Wildman–Crippen LogP) is 7.24. The quantitative estimate of drug-likeness (QED) is 0.202. The average Bonchev–Trinajstić information content (AvgIpc) is 2.80. The molecular formula is C24H16N2O6S. The molecule has 0 N–H and O–H groups in total. The first-order valence-electron chi connectivity index (χ1n) is 9.69. The number of non-ortho nitro benzene ring substituents is 2. The van der Waals surface area contributed by atoms with Gasteiger partial charge in [0.1, 0.15) is 23.0 Å². The van der Waals surface area contributed by atoms with Crippen LogP contribution in [0.2, 0.25) is 0 Å². The second kappa shape index (κ2) is 9.84. The van der Waals surface area contributed by atoms with Crippen LogP contribution in [0, 0.1) is 20.2 Å². The molecule has 9 heteroatoms. The third-order valence-electron chi connectivity index (χ3n) is 4.41. The highest BCUT2D eigenvalue weighted by Gasteiger charge is 2.08. The molecule has 0 saturated heterocycles. The zero-order valence-corrected chi connectivity index (χ0v) is 17.8. The van der Waals surface area contributed by atoms with E-state index in [1.54, 1.807) is 36.4 Å². The first-order valence-corrected chi connectivity index (χ1v) is 10.5. The van der Waals surface area contributed by atoms with Gasteiger partial charge in [-0.25, -0.2) is 0 Å². The SMILES string of the molecule is O=[N+]([O-])c1ccc(Oc2cccc(Sc3cccc(Oc4ccc([N+](=O)[O-])cc4)c3)c2)cc1. The first-order chi connectivity index (χ1) is 16.0. The van der Waals surface area contributed by atoms with Gasteiger partial charge in [0.05, 0.1) is 9.85 Å². The van der Waals surface area contributed by atoms with Gasteiger partial charge in [-0.05, 0) is 60.7 Å². The number of rotatable bonds is 8. The maximum absolute atomic E-state index is 10.8. The fourth-order valence-corrected chi connectivity index (χ4v) is 3.80. The average molecular weight is 460 g/mol. The van der Waals surface area contributed by atoms with Crippen LogP contribution in [0.5, 0.6) is 23.0 Å². The zero-order chi connectivity index (χ0) is 23.2. The lowest BCUT2D eigenvalue weighted by molar-refractivity contribution is -0.385. The molecule has 4 rings (SSSR count). The monoisotopic (exact) mass is 460 g/mol. The molecule has 0 atom stereocenters. The Morgan fingerprint density at radius 2 is 0.939 bits per heavy atom. The second-order valence-corrected chi connectivity index (χ2v) is 7.90. The van der Waals surface area contributed by atoms with Crippen LogP contribution >= 0.6 is 11.8 Å². The van der Waals surface area contributed by atoms with Gasteiger partial charge in [-0.1, -0.05) is 23.9 Å². The van der Waals surface area contributed by atoms with Gasteiger partial charge in [0.2, 0.25) is 0 Å². The Morgan fingerprint density at radius 1 is 0.545 bits per heavy atom. The molecule has 0 aliphatic carbocycles. The Balaban J connectivity index is 1.43. The summed E-state index contributed by atoms with van der Waals surface area (Å²) in [5.74, 6) is 2.21.